The smallest absolute Gasteiger partial charge is 0.145 e. The number of hydrogen-bond acceptors (Lipinski definition) is 4. The molecular weight excluding hydrogens is 308 g/mol. The Balaban J connectivity index is 3.26. The summed E-state index contributed by atoms with van der Waals surface area (Å²) in [4.78, 5) is 0. The number of aliphatic hydroxyl groups is 3. The largest absolute Gasteiger partial charge is 0.510 e. The van der Waals surface area contributed by atoms with Gasteiger partial charge < -0.3 is 15.3 Å². The fourth-order valence-electron chi connectivity index (χ4n) is 2.69. The Morgan fingerprint density at radius 3 is 1.57 bits per heavy atom. The minimum absolute atomic E-state index is 0.175. The van der Waals surface area contributed by atoms with Gasteiger partial charge in [0, 0.05) is 0 Å². The molecule has 0 amide bonds. The summed E-state index contributed by atoms with van der Waals surface area (Å²) in [6.45, 7) is 2.26. The summed E-state index contributed by atoms with van der Waals surface area (Å²) < 4.78 is 0. The number of aliphatic hydroxyl groups excluding tert-OH is 3. The molecule has 2 atom stereocenters. The van der Waals surface area contributed by atoms with E-state index in [-0.39, 0.29) is 5.76 Å². The van der Waals surface area contributed by atoms with E-state index in [1.54, 1.807) is 6.08 Å². The summed E-state index contributed by atoms with van der Waals surface area (Å²) in [5.74, 6) is -0.175. The van der Waals surface area contributed by atoms with Crippen LogP contribution in [0.1, 0.15) is 96.8 Å². The van der Waals surface area contributed by atoms with E-state index >= 15 is 0 Å². The van der Waals surface area contributed by atoms with Crippen LogP contribution in [0.15, 0.2) is 11.8 Å². The molecule has 0 fully saturated rings. The first-order chi connectivity index (χ1) is 11.1. The third-order valence-corrected chi connectivity index (χ3v) is 4.53. The topological polar surface area (TPSA) is 60.7 Å². The lowest BCUT2D eigenvalue weighted by Gasteiger charge is -2.11. The highest BCUT2D eigenvalue weighted by Crippen LogP contribution is 2.14. The number of thiol groups is 1. The second-order valence-electron chi connectivity index (χ2n) is 6.52. The van der Waals surface area contributed by atoms with Gasteiger partial charge in [0.25, 0.3) is 0 Å². The summed E-state index contributed by atoms with van der Waals surface area (Å²) in [5.41, 5.74) is -1.22. The summed E-state index contributed by atoms with van der Waals surface area (Å²) >= 11 is 3.68. The van der Waals surface area contributed by atoms with Gasteiger partial charge in [0.2, 0.25) is 0 Å². The molecule has 138 valence electrons. The van der Waals surface area contributed by atoms with Crippen LogP contribution in [0.3, 0.4) is 0 Å². The van der Waals surface area contributed by atoms with Crippen LogP contribution >= 0.6 is 12.6 Å². The van der Waals surface area contributed by atoms with Gasteiger partial charge in [0.05, 0.1) is 0 Å². The SMILES string of the molecule is CCCCCCCCCCCCCCC/C=C(\O)C(O)C(O)S. The van der Waals surface area contributed by atoms with Crippen molar-refractivity contribution >= 4 is 12.6 Å². The maximum atomic E-state index is 9.48. The van der Waals surface area contributed by atoms with Crippen LogP contribution in [0.4, 0.5) is 0 Å². The van der Waals surface area contributed by atoms with Gasteiger partial charge in [0.15, 0.2) is 0 Å². The van der Waals surface area contributed by atoms with Crippen molar-refractivity contribution in [1.82, 2.24) is 0 Å². The zero-order valence-corrected chi connectivity index (χ0v) is 15.8. The fourth-order valence-corrected chi connectivity index (χ4v) is 2.84. The van der Waals surface area contributed by atoms with E-state index in [4.69, 9.17) is 5.11 Å². The molecule has 2 unspecified atom stereocenters. The molecule has 4 heteroatoms. The number of allylic oxidation sites excluding steroid dienone is 1. The monoisotopic (exact) mass is 346 g/mol. The highest BCUT2D eigenvalue weighted by Gasteiger charge is 2.15. The summed E-state index contributed by atoms with van der Waals surface area (Å²) in [5, 5.41) is 27.9. The quantitative estimate of drug-likeness (QED) is 0.129. The minimum atomic E-state index is -1.28. The number of unbranched alkanes of at least 4 members (excludes halogenated alkanes) is 13. The molecule has 3 nitrogen and oxygen atoms in total. The predicted octanol–water partition coefficient (Wildman–Crippen LogP) is 5.52. The second kappa shape index (κ2) is 16.7. The first-order valence-electron chi connectivity index (χ1n) is 9.52. The maximum Gasteiger partial charge on any atom is 0.145 e. The Labute approximate surface area is 148 Å². The van der Waals surface area contributed by atoms with E-state index in [0.717, 1.165) is 19.3 Å². The van der Waals surface area contributed by atoms with Crippen LogP contribution in [-0.4, -0.2) is 26.9 Å². The van der Waals surface area contributed by atoms with Crippen LogP contribution in [0, 0.1) is 0 Å². The van der Waals surface area contributed by atoms with Crippen LogP contribution in [0.5, 0.6) is 0 Å². The molecule has 0 aromatic heterocycles. The lowest BCUT2D eigenvalue weighted by molar-refractivity contribution is 0.0683. The molecule has 0 aromatic rings. The van der Waals surface area contributed by atoms with Crippen molar-refractivity contribution in [2.45, 2.75) is 108 Å². The van der Waals surface area contributed by atoms with Crippen molar-refractivity contribution in [2.75, 3.05) is 0 Å². The fraction of sp³-hybridized carbons (Fsp3) is 0.895. The Morgan fingerprint density at radius 2 is 1.17 bits per heavy atom. The van der Waals surface area contributed by atoms with Gasteiger partial charge in [-0.2, -0.15) is 0 Å². The van der Waals surface area contributed by atoms with E-state index in [1.165, 1.54) is 70.6 Å². The molecule has 0 heterocycles. The van der Waals surface area contributed by atoms with Crippen LogP contribution in [0.25, 0.3) is 0 Å². The van der Waals surface area contributed by atoms with Gasteiger partial charge in [-0.25, -0.2) is 0 Å². The first kappa shape index (κ1) is 22.8. The lowest BCUT2D eigenvalue weighted by atomic mass is 10.0. The molecular formula is C19H38O3S. The highest BCUT2D eigenvalue weighted by molar-refractivity contribution is 7.80. The molecule has 0 aliphatic rings. The summed E-state index contributed by atoms with van der Waals surface area (Å²) in [6, 6.07) is 0. The Hall–Kier alpha value is -0.190. The standard InChI is InChI=1S/C19H38O3S/c1-2-3-4-5-6-7-8-9-10-11-12-13-14-15-16-17(20)18(21)19(22)23/h16,18-23H,2-15H2,1H3/b17-16-. The summed E-state index contributed by atoms with van der Waals surface area (Å²) in [7, 11) is 0. The molecule has 0 aliphatic carbocycles. The highest BCUT2D eigenvalue weighted by atomic mass is 32.1. The Morgan fingerprint density at radius 1 is 0.783 bits per heavy atom. The van der Waals surface area contributed by atoms with Gasteiger partial charge in [-0.3, -0.25) is 0 Å². The van der Waals surface area contributed by atoms with E-state index in [0.29, 0.717) is 0 Å². The van der Waals surface area contributed by atoms with E-state index in [2.05, 4.69) is 19.6 Å². The van der Waals surface area contributed by atoms with Gasteiger partial charge in [-0.1, -0.05) is 84.0 Å². The lowest BCUT2D eigenvalue weighted by Crippen LogP contribution is -2.22. The molecule has 0 saturated carbocycles. The van der Waals surface area contributed by atoms with Crippen LogP contribution < -0.4 is 0 Å². The Bertz CT molecular complexity index is 280. The average Bonchev–Trinajstić information content (AvgIpc) is 2.54. The zero-order valence-electron chi connectivity index (χ0n) is 14.9. The molecule has 0 spiro atoms. The minimum Gasteiger partial charge on any atom is -0.510 e. The summed E-state index contributed by atoms with van der Waals surface area (Å²) in [6.07, 6.45) is 18.2. The van der Waals surface area contributed by atoms with Crippen molar-refractivity contribution in [3.63, 3.8) is 0 Å². The van der Waals surface area contributed by atoms with Gasteiger partial charge in [-0.15, -0.1) is 12.6 Å². The molecule has 0 aromatic carbocycles. The van der Waals surface area contributed by atoms with Crippen LogP contribution in [0.2, 0.25) is 0 Å². The molecule has 0 rings (SSSR count). The van der Waals surface area contributed by atoms with Gasteiger partial charge in [0.1, 0.15) is 17.3 Å². The molecule has 0 saturated heterocycles. The number of hydrogen-bond donors (Lipinski definition) is 4. The molecule has 3 N–H and O–H groups in total. The van der Waals surface area contributed by atoms with Crippen molar-refractivity contribution in [2.24, 2.45) is 0 Å². The normalized spacial score (nSPS) is 14.9. The Kier molecular flexibility index (Phi) is 16.5. The number of rotatable bonds is 16. The first-order valence-corrected chi connectivity index (χ1v) is 10.0. The van der Waals surface area contributed by atoms with Crippen molar-refractivity contribution in [3.05, 3.63) is 11.8 Å². The third-order valence-electron chi connectivity index (χ3n) is 4.25. The second-order valence-corrected chi connectivity index (χ2v) is 7.05. The van der Waals surface area contributed by atoms with E-state index < -0.39 is 11.5 Å². The van der Waals surface area contributed by atoms with Crippen molar-refractivity contribution in [3.8, 4) is 0 Å². The molecule has 23 heavy (non-hydrogen) atoms. The maximum absolute atomic E-state index is 9.48. The van der Waals surface area contributed by atoms with E-state index in [1.807, 2.05) is 0 Å². The molecule has 0 bridgehead atoms. The van der Waals surface area contributed by atoms with Crippen molar-refractivity contribution in [1.29, 1.82) is 0 Å². The third kappa shape index (κ3) is 15.1. The molecule has 0 aliphatic heterocycles. The van der Waals surface area contributed by atoms with Gasteiger partial charge >= 0.3 is 0 Å². The predicted molar refractivity (Wildman–Crippen MR) is 102 cm³/mol. The zero-order chi connectivity index (χ0) is 17.3. The van der Waals surface area contributed by atoms with Gasteiger partial charge in [-0.05, 0) is 18.9 Å². The van der Waals surface area contributed by atoms with Crippen molar-refractivity contribution < 1.29 is 15.3 Å². The van der Waals surface area contributed by atoms with Crippen LogP contribution in [-0.2, 0) is 0 Å². The average molecular weight is 347 g/mol. The molecule has 0 radical (unpaired) electrons. The van der Waals surface area contributed by atoms with E-state index in [9.17, 15) is 10.2 Å².